The van der Waals surface area contributed by atoms with Gasteiger partial charge in [-0.15, -0.1) is 0 Å². The Hall–Kier alpha value is -2.37. The van der Waals surface area contributed by atoms with E-state index in [1.54, 1.807) is 18.2 Å². The van der Waals surface area contributed by atoms with Crippen LogP contribution in [0.5, 0.6) is 0 Å². The molecule has 1 atom stereocenters. The molecule has 0 spiro atoms. The number of hydrogen-bond donors (Lipinski definition) is 2. The van der Waals surface area contributed by atoms with Crippen molar-refractivity contribution < 1.29 is 14.4 Å². The second kappa shape index (κ2) is 5.73. The number of para-hydroxylation sites is 1. The Morgan fingerprint density at radius 2 is 2.05 bits per heavy atom. The van der Waals surface area contributed by atoms with Crippen LogP contribution in [0.2, 0.25) is 0 Å². The lowest BCUT2D eigenvalue weighted by molar-refractivity contribution is -0.137. The highest BCUT2D eigenvalue weighted by Gasteiger charge is 2.37. The highest BCUT2D eigenvalue weighted by atomic mass is 16.2. The summed E-state index contributed by atoms with van der Waals surface area (Å²) in [5.74, 6) is -1.01. The SMILES string of the molecule is CCNc1ccccc1C(=O)NC1CC(=O)N(C)C1=O. The van der Waals surface area contributed by atoms with Gasteiger partial charge in [-0.1, -0.05) is 12.1 Å². The number of carbonyl (C=O) groups excluding carboxylic acids is 3. The zero-order valence-electron chi connectivity index (χ0n) is 11.5. The number of anilines is 1. The Labute approximate surface area is 117 Å². The molecular formula is C14H17N3O3. The van der Waals surface area contributed by atoms with Crippen LogP contribution in [0.3, 0.4) is 0 Å². The largest absolute Gasteiger partial charge is 0.385 e. The molecule has 106 valence electrons. The van der Waals surface area contributed by atoms with E-state index in [4.69, 9.17) is 0 Å². The fraction of sp³-hybridized carbons (Fsp3) is 0.357. The first-order valence-corrected chi connectivity index (χ1v) is 6.48. The molecule has 1 fully saturated rings. The Bertz CT molecular complexity index is 556. The average Bonchev–Trinajstić information content (AvgIpc) is 2.67. The van der Waals surface area contributed by atoms with Crippen LogP contribution in [0.1, 0.15) is 23.7 Å². The van der Waals surface area contributed by atoms with Crippen molar-refractivity contribution >= 4 is 23.4 Å². The quantitative estimate of drug-likeness (QED) is 0.789. The lowest BCUT2D eigenvalue weighted by Gasteiger charge is -2.14. The number of likely N-dealkylation sites (N-methyl/N-ethyl adjacent to an activating group) is 1. The molecule has 1 unspecified atom stereocenters. The predicted octanol–water partition coefficient (Wildman–Crippen LogP) is 0.605. The molecule has 0 aromatic heterocycles. The van der Waals surface area contributed by atoms with Crippen LogP contribution in [0.15, 0.2) is 24.3 Å². The Kier molecular flexibility index (Phi) is 4.02. The molecular weight excluding hydrogens is 258 g/mol. The van der Waals surface area contributed by atoms with E-state index in [0.29, 0.717) is 17.8 Å². The third-order valence-electron chi connectivity index (χ3n) is 3.23. The molecule has 1 aromatic rings. The number of nitrogens with one attached hydrogen (secondary N) is 2. The maximum Gasteiger partial charge on any atom is 0.254 e. The van der Waals surface area contributed by atoms with E-state index >= 15 is 0 Å². The summed E-state index contributed by atoms with van der Waals surface area (Å²) in [7, 11) is 1.42. The van der Waals surface area contributed by atoms with Crippen LogP contribution < -0.4 is 10.6 Å². The fourth-order valence-electron chi connectivity index (χ4n) is 2.13. The third-order valence-corrected chi connectivity index (χ3v) is 3.23. The molecule has 0 bridgehead atoms. The Balaban J connectivity index is 2.13. The van der Waals surface area contributed by atoms with Crippen molar-refractivity contribution in [3.63, 3.8) is 0 Å². The average molecular weight is 275 g/mol. The Morgan fingerprint density at radius 1 is 1.35 bits per heavy atom. The molecule has 20 heavy (non-hydrogen) atoms. The summed E-state index contributed by atoms with van der Waals surface area (Å²) in [5.41, 5.74) is 1.17. The van der Waals surface area contributed by atoms with Crippen molar-refractivity contribution in [2.45, 2.75) is 19.4 Å². The van der Waals surface area contributed by atoms with Crippen molar-refractivity contribution in [3.05, 3.63) is 29.8 Å². The lowest BCUT2D eigenvalue weighted by Crippen LogP contribution is -2.40. The van der Waals surface area contributed by atoms with Gasteiger partial charge in [0.25, 0.3) is 11.8 Å². The van der Waals surface area contributed by atoms with E-state index in [1.165, 1.54) is 7.05 Å². The van der Waals surface area contributed by atoms with Gasteiger partial charge in [0.1, 0.15) is 6.04 Å². The summed E-state index contributed by atoms with van der Waals surface area (Å²) in [6.45, 7) is 2.62. The maximum absolute atomic E-state index is 12.2. The van der Waals surface area contributed by atoms with Crippen molar-refractivity contribution in [1.29, 1.82) is 0 Å². The molecule has 1 saturated heterocycles. The fourth-order valence-corrected chi connectivity index (χ4v) is 2.13. The van der Waals surface area contributed by atoms with Gasteiger partial charge in [-0.2, -0.15) is 0 Å². The topological polar surface area (TPSA) is 78.5 Å². The lowest BCUT2D eigenvalue weighted by atomic mass is 10.1. The first-order valence-electron chi connectivity index (χ1n) is 6.48. The minimum absolute atomic E-state index is 0.0183. The normalized spacial score (nSPS) is 18.3. The summed E-state index contributed by atoms with van der Waals surface area (Å²) >= 11 is 0. The number of imide groups is 1. The molecule has 1 aliphatic heterocycles. The summed E-state index contributed by atoms with van der Waals surface area (Å²) in [5, 5.41) is 5.70. The van der Waals surface area contributed by atoms with Crippen LogP contribution in [0, 0.1) is 0 Å². The van der Waals surface area contributed by atoms with E-state index in [0.717, 1.165) is 4.90 Å². The molecule has 0 radical (unpaired) electrons. The van der Waals surface area contributed by atoms with Crippen molar-refractivity contribution in [1.82, 2.24) is 10.2 Å². The van der Waals surface area contributed by atoms with Crippen LogP contribution in [0.25, 0.3) is 0 Å². The Morgan fingerprint density at radius 3 is 2.65 bits per heavy atom. The summed E-state index contributed by atoms with van der Waals surface area (Å²) in [6, 6.07) is 6.29. The molecule has 0 aliphatic carbocycles. The van der Waals surface area contributed by atoms with Crippen LogP contribution in [-0.2, 0) is 9.59 Å². The number of rotatable bonds is 4. The van der Waals surface area contributed by atoms with Gasteiger partial charge in [0.15, 0.2) is 0 Å². The van der Waals surface area contributed by atoms with Crippen LogP contribution >= 0.6 is 0 Å². The number of nitrogens with zero attached hydrogens (tertiary/aromatic N) is 1. The summed E-state index contributed by atoms with van der Waals surface area (Å²) < 4.78 is 0. The molecule has 2 rings (SSSR count). The summed E-state index contributed by atoms with van der Waals surface area (Å²) in [6.07, 6.45) is 0.0183. The number of amides is 3. The van der Waals surface area contributed by atoms with Crippen molar-refractivity contribution in [2.24, 2.45) is 0 Å². The minimum atomic E-state index is -0.769. The first kappa shape index (κ1) is 14.0. The van der Waals surface area contributed by atoms with E-state index in [-0.39, 0.29) is 24.1 Å². The van der Waals surface area contributed by atoms with Gasteiger partial charge in [-0.05, 0) is 19.1 Å². The maximum atomic E-state index is 12.2. The van der Waals surface area contributed by atoms with Gasteiger partial charge >= 0.3 is 0 Å². The monoisotopic (exact) mass is 275 g/mol. The minimum Gasteiger partial charge on any atom is -0.385 e. The van der Waals surface area contributed by atoms with E-state index in [2.05, 4.69) is 10.6 Å². The van der Waals surface area contributed by atoms with Gasteiger partial charge in [0.2, 0.25) is 5.91 Å². The van der Waals surface area contributed by atoms with Gasteiger partial charge in [-0.3, -0.25) is 19.3 Å². The standard InChI is InChI=1S/C14H17N3O3/c1-3-15-10-7-5-4-6-9(10)13(19)16-11-8-12(18)17(2)14(11)20/h4-7,11,15H,3,8H2,1-2H3,(H,16,19). The molecule has 3 amide bonds. The second-order valence-electron chi connectivity index (χ2n) is 4.60. The van der Waals surface area contributed by atoms with Gasteiger partial charge in [-0.25, -0.2) is 0 Å². The highest BCUT2D eigenvalue weighted by molar-refractivity contribution is 6.08. The summed E-state index contributed by atoms with van der Waals surface area (Å²) in [4.78, 5) is 36.5. The van der Waals surface area contributed by atoms with E-state index in [1.807, 2.05) is 13.0 Å². The van der Waals surface area contributed by atoms with Crippen LogP contribution in [-0.4, -0.2) is 42.3 Å². The number of carbonyl (C=O) groups is 3. The highest BCUT2D eigenvalue weighted by Crippen LogP contribution is 2.16. The number of benzene rings is 1. The third kappa shape index (κ3) is 2.64. The predicted molar refractivity (Wildman–Crippen MR) is 74.3 cm³/mol. The molecule has 1 aliphatic rings. The van der Waals surface area contributed by atoms with E-state index in [9.17, 15) is 14.4 Å². The molecule has 6 heteroatoms. The van der Waals surface area contributed by atoms with Crippen LogP contribution in [0.4, 0.5) is 5.69 Å². The zero-order valence-corrected chi connectivity index (χ0v) is 11.5. The van der Waals surface area contributed by atoms with Crippen molar-refractivity contribution in [2.75, 3.05) is 18.9 Å². The van der Waals surface area contributed by atoms with Gasteiger partial charge in [0, 0.05) is 19.3 Å². The second-order valence-corrected chi connectivity index (χ2v) is 4.60. The number of hydrogen-bond acceptors (Lipinski definition) is 4. The first-order chi connectivity index (χ1) is 9.54. The van der Waals surface area contributed by atoms with Gasteiger partial charge < -0.3 is 10.6 Å². The molecule has 2 N–H and O–H groups in total. The molecule has 1 heterocycles. The molecule has 6 nitrogen and oxygen atoms in total. The smallest absolute Gasteiger partial charge is 0.254 e. The van der Waals surface area contributed by atoms with E-state index < -0.39 is 6.04 Å². The number of likely N-dealkylation sites (tertiary alicyclic amines) is 1. The van der Waals surface area contributed by atoms with Gasteiger partial charge in [0.05, 0.1) is 12.0 Å². The van der Waals surface area contributed by atoms with Crippen molar-refractivity contribution in [3.8, 4) is 0 Å². The molecule has 1 aromatic carbocycles. The zero-order chi connectivity index (χ0) is 14.7. The molecule has 0 saturated carbocycles.